The first-order valence-electron chi connectivity index (χ1n) is 3.01. The molecule has 0 aliphatic rings. The lowest BCUT2D eigenvalue weighted by molar-refractivity contribution is 0.615. The van der Waals surface area contributed by atoms with E-state index in [1.807, 2.05) is 0 Å². The predicted molar refractivity (Wildman–Crippen MR) is 40.9 cm³/mol. The lowest BCUT2D eigenvalue weighted by Crippen LogP contribution is -1.88. The fourth-order valence-corrected chi connectivity index (χ4v) is 0.947. The average Bonchev–Trinajstić information content (AvgIpc) is 1.99. The molecule has 0 amide bonds. The Morgan fingerprint density at radius 1 is 1.55 bits per heavy atom. The molecule has 0 saturated heterocycles. The molecule has 0 aromatic heterocycles. The number of aryl methyl sites for hydroxylation is 1. The molecule has 0 N–H and O–H groups in total. The fraction of sp³-hybridized carbons (Fsp3) is 0.125. The molecule has 1 aromatic carbocycles. The van der Waals surface area contributed by atoms with Crippen molar-refractivity contribution in [1.82, 2.24) is 0 Å². The van der Waals surface area contributed by atoms with Crippen LogP contribution in [0.4, 0.5) is 4.39 Å². The molecule has 0 atom stereocenters. The molecule has 0 aliphatic carbocycles. The molecule has 3 heteroatoms. The van der Waals surface area contributed by atoms with Gasteiger partial charge in [-0.2, -0.15) is 5.26 Å². The number of benzene rings is 1. The normalized spacial score (nSPS) is 9.27. The van der Waals surface area contributed by atoms with Gasteiger partial charge in [0, 0.05) is 0 Å². The molecule has 0 saturated carbocycles. The molecule has 56 valence electrons. The Morgan fingerprint density at radius 2 is 2.18 bits per heavy atom. The third kappa shape index (κ3) is 1.33. The Labute approximate surface area is 69.0 Å². The third-order valence-corrected chi connectivity index (χ3v) is 1.71. The Hall–Kier alpha value is -1.07. The second kappa shape index (κ2) is 2.89. The van der Waals surface area contributed by atoms with Crippen molar-refractivity contribution in [2.75, 3.05) is 0 Å². The van der Waals surface area contributed by atoms with Crippen molar-refractivity contribution in [3.63, 3.8) is 0 Å². The maximum absolute atomic E-state index is 13.0. The molecule has 0 fully saturated rings. The van der Waals surface area contributed by atoms with Crippen LogP contribution in [-0.2, 0) is 0 Å². The largest absolute Gasteiger partial charge is 0.205 e. The molecule has 11 heavy (non-hydrogen) atoms. The van der Waals surface area contributed by atoms with Gasteiger partial charge < -0.3 is 0 Å². The van der Waals surface area contributed by atoms with Gasteiger partial charge in [-0.05, 0) is 18.6 Å². The van der Waals surface area contributed by atoms with Crippen molar-refractivity contribution in [2.24, 2.45) is 0 Å². The quantitative estimate of drug-likeness (QED) is 0.586. The van der Waals surface area contributed by atoms with E-state index in [4.69, 9.17) is 16.9 Å². The van der Waals surface area contributed by atoms with E-state index in [0.717, 1.165) is 0 Å². The first-order valence-corrected chi connectivity index (χ1v) is 3.39. The van der Waals surface area contributed by atoms with E-state index in [1.165, 1.54) is 6.07 Å². The van der Waals surface area contributed by atoms with Gasteiger partial charge in [-0.3, -0.25) is 0 Å². The van der Waals surface area contributed by atoms with Gasteiger partial charge in [-0.25, -0.2) is 4.39 Å². The van der Waals surface area contributed by atoms with Crippen LogP contribution in [0.3, 0.4) is 0 Å². The van der Waals surface area contributed by atoms with Crippen molar-refractivity contribution >= 4 is 11.6 Å². The minimum absolute atomic E-state index is 0.0772. The van der Waals surface area contributed by atoms with Gasteiger partial charge in [0.25, 0.3) is 0 Å². The molecule has 1 aromatic rings. The van der Waals surface area contributed by atoms with Crippen LogP contribution in [-0.4, -0.2) is 0 Å². The van der Waals surface area contributed by atoms with Crippen LogP contribution in [0, 0.1) is 24.1 Å². The average molecular weight is 170 g/mol. The first kappa shape index (κ1) is 8.03. The van der Waals surface area contributed by atoms with E-state index in [-0.39, 0.29) is 10.6 Å². The molecule has 1 nitrogen and oxygen atoms in total. The van der Waals surface area contributed by atoms with Crippen molar-refractivity contribution < 1.29 is 4.39 Å². The summed E-state index contributed by atoms with van der Waals surface area (Å²) in [4.78, 5) is 0. The van der Waals surface area contributed by atoms with Crippen LogP contribution in [0.5, 0.6) is 0 Å². The third-order valence-electron chi connectivity index (χ3n) is 1.40. The zero-order valence-electron chi connectivity index (χ0n) is 5.86. The van der Waals surface area contributed by atoms with Crippen molar-refractivity contribution in [3.8, 4) is 6.07 Å². The molecule has 0 radical (unpaired) electrons. The maximum atomic E-state index is 13.0. The molecule has 0 unspecified atom stereocenters. The zero-order valence-corrected chi connectivity index (χ0v) is 6.61. The van der Waals surface area contributed by atoms with E-state index < -0.39 is 5.82 Å². The molecule has 0 heterocycles. The van der Waals surface area contributed by atoms with Gasteiger partial charge >= 0.3 is 0 Å². The van der Waals surface area contributed by atoms with Crippen LogP contribution in [0.2, 0.25) is 5.02 Å². The van der Waals surface area contributed by atoms with Crippen LogP contribution < -0.4 is 0 Å². The maximum Gasteiger partial charge on any atom is 0.145 e. The summed E-state index contributed by atoms with van der Waals surface area (Å²) in [5.41, 5.74) is 0.359. The van der Waals surface area contributed by atoms with Gasteiger partial charge in [0.15, 0.2) is 0 Å². The van der Waals surface area contributed by atoms with Gasteiger partial charge in [-0.15, -0.1) is 0 Å². The van der Waals surface area contributed by atoms with Gasteiger partial charge in [0.05, 0.1) is 5.02 Å². The fourth-order valence-electron chi connectivity index (χ4n) is 0.759. The summed E-state index contributed by atoms with van der Waals surface area (Å²) in [6.45, 7) is 1.59. The molecule has 0 aliphatic heterocycles. The lowest BCUT2D eigenvalue weighted by atomic mass is 10.1. The van der Waals surface area contributed by atoms with E-state index in [9.17, 15) is 4.39 Å². The zero-order chi connectivity index (χ0) is 8.43. The highest BCUT2D eigenvalue weighted by Gasteiger charge is 2.07. The number of halogens is 2. The number of hydrogen-bond donors (Lipinski definition) is 0. The van der Waals surface area contributed by atoms with Crippen LogP contribution in [0.15, 0.2) is 12.1 Å². The highest BCUT2D eigenvalue weighted by atomic mass is 35.5. The van der Waals surface area contributed by atoms with E-state index in [2.05, 4.69) is 0 Å². The van der Waals surface area contributed by atoms with Gasteiger partial charge in [0.1, 0.15) is 17.4 Å². The Bertz CT molecular complexity index is 328. The summed E-state index contributed by atoms with van der Waals surface area (Å²) in [5, 5.41) is 8.61. The van der Waals surface area contributed by atoms with Crippen molar-refractivity contribution in [3.05, 3.63) is 34.1 Å². The SMILES string of the molecule is Cc1ccc(Cl)c(C#N)c1F. The molecular weight excluding hydrogens is 165 g/mol. The van der Waals surface area contributed by atoms with Crippen molar-refractivity contribution in [1.29, 1.82) is 5.26 Å². The predicted octanol–water partition coefficient (Wildman–Crippen LogP) is 2.66. The van der Waals surface area contributed by atoms with Gasteiger partial charge in [0.2, 0.25) is 0 Å². The minimum Gasteiger partial charge on any atom is -0.205 e. The monoisotopic (exact) mass is 169 g/mol. The number of nitriles is 1. The molecule has 0 bridgehead atoms. The topological polar surface area (TPSA) is 23.8 Å². The molecule has 0 spiro atoms. The summed E-state index contributed by atoms with van der Waals surface area (Å²) >= 11 is 5.54. The Balaban J connectivity index is 3.44. The standard InChI is InChI=1S/C8H5ClFN/c1-5-2-3-7(9)6(4-11)8(5)10/h2-3H,1H3. The number of nitrogens with zero attached hydrogens (tertiary/aromatic N) is 1. The Kier molecular flexibility index (Phi) is 2.11. The highest BCUT2D eigenvalue weighted by molar-refractivity contribution is 6.31. The number of rotatable bonds is 0. The second-order valence-electron chi connectivity index (χ2n) is 2.17. The molecular formula is C8H5ClFN. The van der Waals surface area contributed by atoms with Crippen LogP contribution in [0.25, 0.3) is 0 Å². The second-order valence-corrected chi connectivity index (χ2v) is 2.57. The summed E-state index contributed by atoms with van der Waals surface area (Å²) in [7, 11) is 0. The number of hydrogen-bond acceptors (Lipinski definition) is 1. The Morgan fingerprint density at radius 3 is 2.64 bits per heavy atom. The van der Waals surface area contributed by atoms with Crippen LogP contribution in [0.1, 0.15) is 11.1 Å². The first-order chi connectivity index (χ1) is 5.16. The summed E-state index contributed by atoms with van der Waals surface area (Å²) in [6, 6.07) is 4.75. The van der Waals surface area contributed by atoms with E-state index in [0.29, 0.717) is 5.56 Å². The summed E-state index contributed by atoms with van der Waals surface area (Å²) in [5.74, 6) is -0.528. The van der Waals surface area contributed by atoms with E-state index >= 15 is 0 Å². The lowest BCUT2D eigenvalue weighted by Gasteiger charge is -1.98. The molecule has 1 rings (SSSR count). The smallest absolute Gasteiger partial charge is 0.145 e. The van der Waals surface area contributed by atoms with Crippen molar-refractivity contribution in [2.45, 2.75) is 6.92 Å². The summed E-state index contributed by atoms with van der Waals surface area (Å²) < 4.78 is 13.0. The van der Waals surface area contributed by atoms with Crippen LogP contribution >= 0.6 is 11.6 Å². The summed E-state index contributed by atoms with van der Waals surface area (Å²) in [6.07, 6.45) is 0. The minimum atomic E-state index is -0.528. The van der Waals surface area contributed by atoms with Gasteiger partial charge in [-0.1, -0.05) is 17.7 Å². The highest BCUT2D eigenvalue weighted by Crippen LogP contribution is 2.20. The van der Waals surface area contributed by atoms with E-state index in [1.54, 1.807) is 19.1 Å².